The van der Waals surface area contributed by atoms with E-state index in [0.717, 1.165) is 12.1 Å². The second kappa shape index (κ2) is 6.04. The predicted molar refractivity (Wildman–Crippen MR) is 68.7 cm³/mol. The topological polar surface area (TPSA) is 61.8 Å². The van der Waals surface area contributed by atoms with Crippen LogP contribution in [0.3, 0.4) is 0 Å². The zero-order valence-electron chi connectivity index (χ0n) is 11.0. The number of hydrogen-bond acceptors (Lipinski definition) is 3. The van der Waals surface area contributed by atoms with Crippen LogP contribution in [0.1, 0.15) is 6.42 Å². The second-order valence-electron chi connectivity index (χ2n) is 4.68. The van der Waals surface area contributed by atoms with Gasteiger partial charge in [0.25, 0.3) is 0 Å². The number of aliphatic hydroxyl groups is 1. The van der Waals surface area contributed by atoms with Crippen molar-refractivity contribution >= 4 is 11.7 Å². The smallest absolute Gasteiger partial charge is 0.321 e. The van der Waals surface area contributed by atoms with Crippen LogP contribution >= 0.6 is 0 Å². The van der Waals surface area contributed by atoms with E-state index in [4.69, 9.17) is 5.11 Å². The molecule has 0 aromatic heterocycles. The highest BCUT2D eigenvalue weighted by molar-refractivity contribution is 5.89. The van der Waals surface area contributed by atoms with Gasteiger partial charge >= 0.3 is 6.03 Å². The monoisotopic (exact) mass is 286 g/mol. The third-order valence-electron chi connectivity index (χ3n) is 3.31. The number of urea groups is 1. The minimum atomic E-state index is -0.769. The van der Waals surface area contributed by atoms with Gasteiger partial charge in [0.05, 0.1) is 12.8 Å². The number of amides is 2. The lowest BCUT2D eigenvalue weighted by molar-refractivity contribution is 0.208. The molecule has 1 aromatic carbocycles. The molecule has 0 bridgehead atoms. The average molecular weight is 286 g/mol. The molecular weight excluding hydrogens is 270 g/mol. The number of benzene rings is 1. The highest BCUT2D eigenvalue weighted by atomic mass is 19.1. The third kappa shape index (κ3) is 2.98. The first-order chi connectivity index (χ1) is 9.55. The maximum Gasteiger partial charge on any atom is 0.321 e. The van der Waals surface area contributed by atoms with E-state index in [1.165, 1.54) is 12.0 Å². The molecule has 0 spiro atoms. The van der Waals surface area contributed by atoms with Crippen molar-refractivity contribution in [3.05, 3.63) is 23.8 Å². The van der Waals surface area contributed by atoms with E-state index in [1.54, 1.807) is 0 Å². The molecule has 1 unspecified atom stereocenters. The van der Waals surface area contributed by atoms with Crippen LogP contribution in [0.4, 0.5) is 19.3 Å². The molecule has 1 atom stereocenters. The van der Waals surface area contributed by atoms with Gasteiger partial charge in [0.1, 0.15) is 0 Å². The summed E-state index contributed by atoms with van der Waals surface area (Å²) in [5, 5.41) is 11.3. The van der Waals surface area contributed by atoms with E-state index in [-0.39, 0.29) is 24.0 Å². The Hall–Kier alpha value is -1.89. The lowest BCUT2D eigenvalue weighted by Gasteiger charge is -2.17. The van der Waals surface area contributed by atoms with Crippen molar-refractivity contribution in [1.29, 1.82) is 0 Å². The molecule has 20 heavy (non-hydrogen) atoms. The maximum absolute atomic E-state index is 13.7. The Morgan fingerprint density at radius 2 is 2.25 bits per heavy atom. The number of carbonyl (C=O) groups is 1. The van der Waals surface area contributed by atoms with E-state index >= 15 is 0 Å². The number of hydrogen-bond donors (Lipinski definition) is 2. The van der Waals surface area contributed by atoms with Crippen LogP contribution in [0.15, 0.2) is 12.1 Å². The molecule has 1 heterocycles. The van der Waals surface area contributed by atoms with Crippen molar-refractivity contribution in [2.75, 3.05) is 32.1 Å². The molecule has 7 heteroatoms. The first-order valence-electron chi connectivity index (χ1n) is 6.25. The quantitative estimate of drug-likeness (QED) is 0.891. The molecule has 1 saturated heterocycles. The molecule has 110 valence electrons. The lowest BCUT2D eigenvalue weighted by Crippen LogP contribution is -2.33. The first kappa shape index (κ1) is 14.5. The van der Waals surface area contributed by atoms with E-state index in [9.17, 15) is 13.6 Å². The van der Waals surface area contributed by atoms with Crippen LogP contribution in [0.5, 0.6) is 5.75 Å². The lowest BCUT2D eigenvalue weighted by atomic mass is 10.1. The van der Waals surface area contributed by atoms with Crippen molar-refractivity contribution in [3.63, 3.8) is 0 Å². The number of aliphatic hydroxyl groups excluding tert-OH is 1. The van der Waals surface area contributed by atoms with Crippen LogP contribution in [0, 0.1) is 17.6 Å². The van der Waals surface area contributed by atoms with Gasteiger partial charge < -0.3 is 20.1 Å². The Morgan fingerprint density at radius 3 is 2.85 bits per heavy atom. The summed E-state index contributed by atoms with van der Waals surface area (Å²) in [4.78, 5) is 13.4. The molecule has 1 aliphatic rings. The van der Waals surface area contributed by atoms with Gasteiger partial charge in [-0.05, 0) is 6.42 Å². The van der Waals surface area contributed by atoms with Crippen molar-refractivity contribution in [2.24, 2.45) is 5.92 Å². The number of halogens is 2. The number of rotatable bonds is 3. The molecule has 1 fully saturated rings. The van der Waals surface area contributed by atoms with Gasteiger partial charge in [-0.2, -0.15) is 0 Å². The summed E-state index contributed by atoms with van der Waals surface area (Å²) in [5.41, 5.74) is -0.235. The van der Waals surface area contributed by atoms with E-state index in [0.29, 0.717) is 19.5 Å². The Kier molecular flexibility index (Phi) is 4.39. The summed E-state index contributed by atoms with van der Waals surface area (Å²) in [5.74, 6) is -1.70. The predicted octanol–water partition coefficient (Wildman–Crippen LogP) is 1.82. The molecule has 2 N–H and O–H groups in total. The minimum Gasteiger partial charge on any atom is -0.494 e. The summed E-state index contributed by atoms with van der Waals surface area (Å²) in [6, 6.07) is 1.25. The highest BCUT2D eigenvalue weighted by Gasteiger charge is 2.26. The number of nitrogens with zero attached hydrogens (tertiary/aromatic N) is 1. The number of nitrogens with one attached hydrogen (secondary N) is 1. The van der Waals surface area contributed by atoms with Crippen molar-refractivity contribution in [1.82, 2.24) is 4.90 Å². The van der Waals surface area contributed by atoms with Crippen LogP contribution in [-0.4, -0.2) is 42.8 Å². The number of carbonyl (C=O) groups excluding carboxylic acids is 1. The second-order valence-corrected chi connectivity index (χ2v) is 4.68. The summed E-state index contributed by atoms with van der Waals surface area (Å²) >= 11 is 0. The van der Waals surface area contributed by atoms with Gasteiger partial charge in [-0.1, -0.05) is 0 Å². The number of ether oxygens (including phenoxy) is 1. The Labute approximate surface area is 115 Å². The van der Waals surface area contributed by atoms with Crippen LogP contribution in [-0.2, 0) is 0 Å². The average Bonchev–Trinajstić information content (AvgIpc) is 2.91. The third-order valence-corrected chi connectivity index (χ3v) is 3.31. The molecule has 1 aromatic rings. The number of likely N-dealkylation sites (tertiary alicyclic amines) is 1. The molecule has 2 rings (SSSR count). The zero-order chi connectivity index (χ0) is 14.7. The van der Waals surface area contributed by atoms with E-state index < -0.39 is 17.7 Å². The summed E-state index contributed by atoms with van der Waals surface area (Å²) < 4.78 is 31.8. The van der Waals surface area contributed by atoms with Crippen molar-refractivity contribution in [3.8, 4) is 5.75 Å². The highest BCUT2D eigenvalue weighted by Crippen LogP contribution is 2.25. The molecule has 2 amide bonds. The van der Waals surface area contributed by atoms with E-state index in [2.05, 4.69) is 10.1 Å². The standard InChI is InChI=1S/C13H16F2N2O3/c1-20-12-5-9(14)11(4-10(12)15)16-13(19)17-3-2-8(6-17)7-18/h4-5,8,18H,2-3,6-7H2,1H3,(H,16,19). The fourth-order valence-corrected chi connectivity index (χ4v) is 2.14. The molecule has 5 nitrogen and oxygen atoms in total. The fraction of sp³-hybridized carbons (Fsp3) is 0.462. The number of methoxy groups -OCH3 is 1. The van der Waals surface area contributed by atoms with Crippen molar-refractivity contribution < 1.29 is 23.4 Å². The SMILES string of the molecule is COc1cc(F)c(NC(=O)N2CCC(CO)C2)cc1F. The molecule has 0 saturated carbocycles. The zero-order valence-corrected chi connectivity index (χ0v) is 11.0. The fourth-order valence-electron chi connectivity index (χ4n) is 2.14. The minimum absolute atomic E-state index is 0.00923. The van der Waals surface area contributed by atoms with Gasteiger partial charge in [-0.3, -0.25) is 0 Å². The van der Waals surface area contributed by atoms with Gasteiger partial charge in [0.15, 0.2) is 17.4 Å². The molecule has 0 radical (unpaired) electrons. The van der Waals surface area contributed by atoms with Crippen molar-refractivity contribution in [2.45, 2.75) is 6.42 Å². The van der Waals surface area contributed by atoms with Gasteiger partial charge in [0, 0.05) is 37.7 Å². The molecule has 1 aliphatic heterocycles. The summed E-state index contributed by atoms with van der Waals surface area (Å²) in [6.07, 6.45) is 0.698. The van der Waals surface area contributed by atoms with Crippen LogP contribution in [0.25, 0.3) is 0 Å². The molecular formula is C13H16F2N2O3. The first-order valence-corrected chi connectivity index (χ1v) is 6.25. The Morgan fingerprint density at radius 1 is 1.50 bits per heavy atom. The Bertz CT molecular complexity index is 511. The van der Waals surface area contributed by atoms with Crippen LogP contribution < -0.4 is 10.1 Å². The molecule has 0 aliphatic carbocycles. The summed E-state index contributed by atoms with van der Waals surface area (Å²) in [7, 11) is 1.23. The Balaban J connectivity index is 2.07. The van der Waals surface area contributed by atoms with E-state index in [1.807, 2.05) is 0 Å². The maximum atomic E-state index is 13.7. The number of anilines is 1. The normalized spacial score (nSPS) is 18.2. The largest absolute Gasteiger partial charge is 0.494 e. The van der Waals surface area contributed by atoms with Gasteiger partial charge in [-0.25, -0.2) is 13.6 Å². The van der Waals surface area contributed by atoms with Gasteiger partial charge in [-0.15, -0.1) is 0 Å². The van der Waals surface area contributed by atoms with Gasteiger partial charge in [0.2, 0.25) is 0 Å². The van der Waals surface area contributed by atoms with Crippen LogP contribution in [0.2, 0.25) is 0 Å². The summed E-state index contributed by atoms with van der Waals surface area (Å²) in [6.45, 7) is 0.898.